The number of para-hydroxylation sites is 2. The molecule has 9 heteroatoms. The van der Waals surface area contributed by atoms with Gasteiger partial charge in [0.2, 0.25) is 0 Å². The van der Waals surface area contributed by atoms with Gasteiger partial charge in [-0.15, -0.1) is 0 Å². The molecule has 0 unspecified atom stereocenters. The van der Waals surface area contributed by atoms with Gasteiger partial charge in [0.15, 0.2) is 5.69 Å². The van der Waals surface area contributed by atoms with Crippen LogP contribution in [0.1, 0.15) is 72.9 Å². The summed E-state index contributed by atoms with van der Waals surface area (Å²) in [5.74, 6) is 1.02. The van der Waals surface area contributed by atoms with Crippen molar-refractivity contribution in [3.8, 4) is 0 Å². The number of hydrogen-bond donors (Lipinski definition) is 0. The molecule has 41 heavy (non-hydrogen) atoms. The standard InChI is InChI=1S/C32H35Cl2N5OS/c1-21-35-26-9-5-6-10-27(26)39(21)25-19-23-11-12-24(20-25)38(23)18-15-32(22-7-3-2-4-8-22)13-16-37(17-14-32)31(40)29-28(33)30(34)41-36-29/h2-10,23-25H,11-20H2,1H3/t23-,24+,25+. The molecule has 214 valence electrons. The molecule has 0 saturated carbocycles. The molecule has 3 fully saturated rings. The number of amides is 1. The minimum Gasteiger partial charge on any atom is -0.337 e. The van der Waals surface area contributed by atoms with Gasteiger partial charge in [-0.25, -0.2) is 4.98 Å². The maximum atomic E-state index is 13.2. The van der Waals surface area contributed by atoms with Crippen LogP contribution in [0.5, 0.6) is 0 Å². The first-order valence-corrected chi connectivity index (χ1v) is 16.3. The summed E-state index contributed by atoms with van der Waals surface area (Å²) in [4.78, 5) is 22.8. The van der Waals surface area contributed by atoms with E-state index in [0.717, 1.165) is 48.7 Å². The van der Waals surface area contributed by atoms with Crippen molar-refractivity contribution in [3.63, 3.8) is 0 Å². The van der Waals surface area contributed by atoms with Crippen LogP contribution in [-0.2, 0) is 5.41 Å². The molecule has 0 aliphatic carbocycles. The van der Waals surface area contributed by atoms with Crippen molar-refractivity contribution < 1.29 is 4.79 Å². The number of carbonyl (C=O) groups excluding carboxylic acids is 1. The molecule has 0 N–H and O–H groups in total. The van der Waals surface area contributed by atoms with Crippen molar-refractivity contribution in [2.75, 3.05) is 19.6 Å². The molecule has 6 nitrogen and oxygen atoms in total. The summed E-state index contributed by atoms with van der Waals surface area (Å²) in [7, 11) is 0. The van der Waals surface area contributed by atoms with Crippen LogP contribution < -0.4 is 0 Å². The van der Waals surface area contributed by atoms with Gasteiger partial charge in [-0.2, -0.15) is 4.37 Å². The lowest BCUT2D eigenvalue weighted by Crippen LogP contribution is -2.49. The molecule has 0 spiro atoms. The predicted octanol–water partition coefficient (Wildman–Crippen LogP) is 7.54. The molecule has 3 saturated heterocycles. The zero-order valence-corrected chi connectivity index (χ0v) is 25.6. The van der Waals surface area contributed by atoms with E-state index < -0.39 is 0 Å². The molecule has 0 radical (unpaired) electrons. The van der Waals surface area contributed by atoms with E-state index in [1.807, 2.05) is 4.90 Å². The molecule has 3 atom stereocenters. The molecule has 7 rings (SSSR count). The number of hydrogen-bond acceptors (Lipinski definition) is 5. The van der Waals surface area contributed by atoms with E-state index in [4.69, 9.17) is 28.2 Å². The minimum absolute atomic E-state index is 0.0506. The largest absolute Gasteiger partial charge is 0.337 e. The molecule has 4 aromatic rings. The Morgan fingerprint density at radius 1 is 0.976 bits per heavy atom. The number of benzene rings is 2. The quantitative estimate of drug-likeness (QED) is 0.227. The van der Waals surface area contributed by atoms with Crippen LogP contribution in [0.25, 0.3) is 11.0 Å². The number of fused-ring (bicyclic) bond motifs is 3. The number of nitrogens with zero attached hydrogens (tertiary/aromatic N) is 5. The second kappa shape index (κ2) is 11.0. The third-order valence-electron chi connectivity index (χ3n) is 10.0. The van der Waals surface area contributed by atoms with Crippen LogP contribution in [0.15, 0.2) is 54.6 Å². The van der Waals surface area contributed by atoms with Crippen LogP contribution >= 0.6 is 34.7 Å². The van der Waals surface area contributed by atoms with Gasteiger partial charge in [0.05, 0.1) is 11.0 Å². The fourth-order valence-corrected chi connectivity index (χ4v) is 8.93. The van der Waals surface area contributed by atoms with E-state index in [0.29, 0.717) is 35.6 Å². The fraction of sp³-hybridized carbons (Fsp3) is 0.469. The van der Waals surface area contributed by atoms with E-state index in [2.05, 4.69) is 75.4 Å². The number of imidazole rings is 1. The highest BCUT2D eigenvalue weighted by Gasteiger charge is 2.44. The Bertz CT molecular complexity index is 1550. The highest BCUT2D eigenvalue weighted by Crippen LogP contribution is 2.45. The number of halogens is 2. The minimum atomic E-state index is -0.109. The zero-order chi connectivity index (χ0) is 28.1. The Kier molecular flexibility index (Phi) is 7.34. The van der Waals surface area contributed by atoms with Gasteiger partial charge in [-0.05, 0) is 93.1 Å². The number of aromatic nitrogens is 3. The molecule has 2 bridgehead atoms. The van der Waals surface area contributed by atoms with Crippen LogP contribution in [0.3, 0.4) is 0 Å². The average molecular weight is 609 g/mol. The highest BCUT2D eigenvalue weighted by molar-refractivity contribution is 7.11. The van der Waals surface area contributed by atoms with Crippen LogP contribution in [-0.4, -0.2) is 61.3 Å². The van der Waals surface area contributed by atoms with Gasteiger partial charge in [-0.1, -0.05) is 65.7 Å². The normalized spacial score (nSPS) is 24.3. The van der Waals surface area contributed by atoms with Gasteiger partial charge < -0.3 is 9.47 Å². The molecular formula is C32H35Cl2N5OS. The first-order valence-electron chi connectivity index (χ1n) is 14.8. The van der Waals surface area contributed by atoms with E-state index in [9.17, 15) is 4.79 Å². The molecule has 2 aromatic heterocycles. The van der Waals surface area contributed by atoms with Crippen molar-refractivity contribution in [2.24, 2.45) is 0 Å². The number of piperidine rings is 2. The average Bonchev–Trinajstić information content (AvgIpc) is 3.60. The first-order chi connectivity index (χ1) is 19.9. The van der Waals surface area contributed by atoms with E-state index in [-0.39, 0.29) is 22.0 Å². The Morgan fingerprint density at radius 3 is 2.34 bits per heavy atom. The number of carbonyl (C=O) groups is 1. The predicted molar refractivity (Wildman–Crippen MR) is 166 cm³/mol. The third-order valence-corrected chi connectivity index (χ3v) is 11.7. The molecule has 3 aliphatic rings. The maximum Gasteiger partial charge on any atom is 0.275 e. The summed E-state index contributed by atoms with van der Waals surface area (Å²) < 4.78 is 7.11. The number of aryl methyl sites for hydroxylation is 1. The Labute approximate surface area is 255 Å². The Hall–Kier alpha value is -2.45. The molecule has 3 aliphatic heterocycles. The monoisotopic (exact) mass is 607 g/mol. The van der Waals surface area contributed by atoms with Gasteiger partial charge in [0, 0.05) is 31.2 Å². The van der Waals surface area contributed by atoms with Gasteiger partial charge in [-0.3, -0.25) is 9.69 Å². The maximum absolute atomic E-state index is 13.2. The third kappa shape index (κ3) is 4.89. The molecular weight excluding hydrogens is 573 g/mol. The van der Waals surface area contributed by atoms with Crippen molar-refractivity contribution in [1.29, 1.82) is 0 Å². The Balaban J connectivity index is 1.07. The highest BCUT2D eigenvalue weighted by atomic mass is 35.5. The van der Waals surface area contributed by atoms with Gasteiger partial charge in [0.25, 0.3) is 5.91 Å². The van der Waals surface area contributed by atoms with Crippen molar-refractivity contribution in [1.82, 2.24) is 23.7 Å². The first kappa shape index (κ1) is 27.4. The number of rotatable bonds is 6. The lowest BCUT2D eigenvalue weighted by Gasteiger charge is -2.45. The van der Waals surface area contributed by atoms with Crippen LogP contribution in [0.4, 0.5) is 0 Å². The zero-order valence-electron chi connectivity index (χ0n) is 23.3. The summed E-state index contributed by atoms with van der Waals surface area (Å²) in [6.45, 7) is 4.65. The topological polar surface area (TPSA) is 54.3 Å². The summed E-state index contributed by atoms with van der Waals surface area (Å²) in [5, 5.41) is 0.277. The second-order valence-electron chi connectivity index (χ2n) is 12.1. The lowest BCUT2D eigenvalue weighted by atomic mass is 9.70. The molecule has 1 amide bonds. The van der Waals surface area contributed by atoms with Gasteiger partial charge in [0.1, 0.15) is 15.2 Å². The van der Waals surface area contributed by atoms with Gasteiger partial charge >= 0.3 is 0 Å². The van der Waals surface area contributed by atoms with E-state index in [1.54, 1.807) is 0 Å². The van der Waals surface area contributed by atoms with Crippen LogP contribution in [0, 0.1) is 6.92 Å². The van der Waals surface area contributed by atoms with Crippen LogP contribution in [0.2, 0.25) is 9.36 Å². The second-order valence-corrected chi connectivity index (χ2v) is 13.8. The summed E-state index contributed by atoms with van der Waals surface area (Å²) in [6.07, 6.45) is 7.92. The summed E-state index contributed by atoms with van der Waals surface area (Å²) in [5.41, 5.74) is 4.11. The summed E-state index contributed by atoms with van der Waals surface area (Å²) >= 11 is 13.5. The molecule has 5 heterocycles. The smallest absolute Gasteiger partial charge is 0.275 e. The fourth-order valence-electron chi connectivity index (χ4n) is 7.94. The van der Waals surface area contributed by atoms with E-state index in [1.165, 1.54) is 36.8 Å². The van der Waals surface area contributed by atoms with Crippen molar-refractivity contribution in [2.45, 2.75) is 75.4 Å². The number of likely N-dealkylation sites (tertiary alicyclic amines) is 1. The lowest BCUT2D eigenvalue weighted by molar-refractivity contribution is 0.0603. The SMILES string of the molecule is Cc1nc2ccccc2n1[C@H]1C[C@H]2CC[C@@H](C1)N2CCC1(c2ccccc2)CCN(C(=O)c2nsc(Cl)c2Cl)CC1. The Morgan fingerprint density at radius 2 is 1.66 bits per heavy atom. The van der Waals surface area contributed by atoms with Crippen molar-refractivity contribution >= 4 is 51.7 Å². The molecule has 2 aromatic carbocycles. The van der Waals surface area contributed by atoms with Crippen molar-refractivity contribution in [3.05, 3.63) is 81.0 Å². The van der Waals surface area contributed by atoms with E-state index >= 15 is 0 Å². The summed E-state index contributed by atoms with van der Waals surface area (Å²) in [6, 6.07) is 21.3.